The lowest BCUT2D eigenvalue weighted by Crippen LogP contribution is -2.59. The summed E-state index contributed by atoms with van der Waals surface area (Å²) in [4.78, 5) is 21.1. The van der Waals surface area contributed by atoms with E-state index in [1.54, 1.807) is 38.6 Å². The van der Waals surface area contributed by atoms with Crippen molar-refractivity contribution in [2.45, 2.75) is 37.5 Å². The number of aromatic nitrogens is 2. The van der Waals surface area contributed by atoms with E-state index in [1.807, 2.05) is 30.3 Å². The first-order chi connectivity index (χ1) is 16.0. The van der Waals surface area contributed by atoms with Gasteiger partial charge in [-0.1, -0.05) is 18.2 Å². The molecule has 0 saturated heterocycles. The quantitative estimate of drug-likeness (QED) is 0.560. The minimum Gasteiger partial charge on any atom is -0.481 e. The van der Waals surface area contributed by atoms with Crippen molar-refractivity contribution >= 4 is 11.9 Å². The fourth-order valence-electron chi connectivity index (χ4n) is 4.47. The van der Waals surface area contributed by atoms with Crippen LogP contribution in [-0.2, 0) is 4.79 Å². The number of hydrogen-bond acceptors (Lipinski definition) is 8. The zero-order chi connectivity index (χ0) is 23.3. The number of dihydropyridines is 1. The Kier molecular flexibility index (Phi) is 6.67. The van der Waals surface area contributed by atoms with Gasteiger partial charge in [-0.2, -0.15) is 9.97 Å². The molecule has 9 nitrogen and oxygen atoms in total. The van der Waals surface area contributed by atoms with Crippen molar-refractivity contribution in [1.29, 1.82) is 0 Å². The number of nitrogens with zero attached hydrogens (tertiary/aromatic N) is 2. The van der Waals surface area contributed by atoms with Gasteiger partial charge in [0.2, 0.25) is 23.4 Å². The van der Waals surface area contributed by atoms with Crippen LogP contribution in [0.4, 0.5) is 5.95 Å². The van der Waals surface area contributed by atoms with Gasteiger partial charge in [0.25, 0.3) is 5.91 Å². The van der Waals surface area contributed by atoms with Crippen molar-refractivity contribution in [3.05, 3.63) is 60.3 Å². The largest absolute Gasteiger partial charge is 0.481 e. The van der Waals surface area contributed by atoms with Gasteiger partial charge >= 0.3 is 0 Å². The first-order valence-corrected chi connectivity index (χ1v) is 11.0. The monoisotopic (exact) mass is 451 g/mol. The molecule has 1 amide bonds. The molecule has 0 spiro atoms. The second-order valence-electron chi connectivity index (χ2n) is 8.07. The van der Waals surface area contributed by atoms with E-state index < -0.39 is 11.6 Å². The van der Waals surface area contributed by atoms with Gasteiger partial charge in [-0.15, -0.1) is 0 Å². The Labute approximate surface area is 193 Å². The standard InChI is InChI=1S/C24H29N5O4/c1-31-20-15-21(32-2)29-23(28-20)27-17-12-10-16(11-13-17)24(33-18-7-4-3-5-8-18)19(22(25)30)9-6-14-26-24/h3-9,14-17,26H,10-13H2,1-2H3,(H2,25,30)(H,27,28,29). The van der Waals surface area contributed by atoms with Crippen LogP contribution in [0.1, 0.15) is 25.7 Å². The lowest BCUT2D eigenvalue weighted by atomic mass is 9.75. The Balaban J connectivity index is 1.51. The number of carbonyl (C=O) groups excluding carboxylic acids is 1. The number of hydrogen-bond donors (Lipinski definition) is 3. The third-order valence-electron chi connectivity index (χ3n) is 6.08. The van der Waals surface area contributed by atoms with Crippen molar-refractivity contribution in [2.75, 3.05) is 19.5 Å². The highest BCUT2D eigenvalue weighted by atomic mass is 16.5. The van der Waals surface area contributed by atoms with Crippen molar-refractivity contribution in [2.24, 2.45) is 11.7 Å². The molecule has 2 aliphatic rings. The average Bonchev–Trinajstić information content (AvgIpc) is 2.85. The van der Waals surface area contributed by atoms with Crippen LogP contribution in [0.5, 0.6) is 17.5 Å². The molecule has 1 unspecified atom stereocenters. The molecule has 1 aliphatic heterocycles. The maximum Gasteiger partial charge on any atom is 0.250 e. The van der Waals surface area contributed by atoms with Crippen molar-refractivity contribution in [3.8, 4) is 17.5 Å². The van der Waals surface area contributed by atoms with Gasteiger partial charge in [-0.3, -0.25) is 4.79 Å². The zero-order valence-corrected chi connectivity index (χ0v) is 18.8. The summed E-state index contributed by atoms with van der Waals surface area (Å²) < 4.78 is 16.9. The Morgan fingerprint density at radius 3 is 2.36 bits per heavy atom. The van der Waals surface area contributed by atoms with Gasteiger partial charge < -0.3 is 30.6 Å². The average molecular weight is 452 g/mol. The number of ether oxygens (including phenoxy) is 3. The van der Waals surface area contributed by atoms with Gasteiger partial charge in [0, 0.05) is 18.2 Å². The lowest BCUT2D eigenvalue weighted by molar-refractivity contribution is -0.118. The van der Waals surface area contributed by atoms with E-state index in [2.05, 4.69) is 20.6 Å². The predicted molar refractivity (Wildman–Crippen MR) is 124 cm³/mol. The third kappa shape index (κ3) is 4.87. The first-order valence-electron chi connectivity index (χ1n) is 11.0. The van der Waals surface area contributed by atoms with Crippen molar-refractivity contribution in [1.82, 2.24) is 15.3 Å². The molecule has 2 heterocycles. The molecular weight excluding hydrogens is 422 g/mol. The first kappa shape index (κ1) is 22.4. The van der Waals surface area contributed by atoms with E-state index in [4.69, 9.17) is 19.9 Å². The Bertz CT molecular complexity index is 1010. The van der Waals surface area contributed by atoms with E-state index in [1.165, 1.54) is 0 Å². The highest BCUT2D eigenvalue weighted by molar-refractivity contribution is 5.94. The van der Waals surface area contributed by atoms with Crippen molar-refractivity contribution < 1.29 is 19.0 Å². The van der Waals surface area contributed by atoms with Crippen LogP contribution in [0.2, 0.25) is 0 Å². The molecule has 174 valence electrons. The number of carbonyl (C=O) groups is 1. The van der Waals surface area contributed by atoms with Crippen LogP contribution in [0.3, 0.4) is 0 Å². The molecule has 1 saturated carbocycles. The van der Waals surface area contributed by atoms with Crippen LogP contribution >= 0.6 is 0 Å². The molecule has 0 bridgehead atoms. The van der Waals surface area contributed by atoms with Crippen LogP contribution in [0.25, 0.3) is 0 Å². The SMILES string of the molecule is COc1cc(OC)nc(NC2CCC(C3(Oc4ccccc4)NC=CC=C3C(N)=O)CC2)n1. The molecule has 1 fully saturated rings. The highest BCUT2D eigenvalue weighted by Crippen LogP contribution is 2.40. The summed E-state index contributed by atoms with van der Waals surface area (Å²) in [5, 5.41) is 6.71. The molecule has 1 aliphatic carbocycles. The summed E-state index contributed by atoms with van der Waals surface area (Å²) in [6.07, 6.45) is 8.59. The molecule has 4 N–H and O–H groups in total. The fourth-order valence-corrected chi connectivity index (χ4v) is 4.47. The third-order valence-corrected chi connectivity index (χ3v) is 6.08. The van der Waals surface area contributed by atoms with E-state index in [0.29, 0.717) is 29.0 Å². The van der Waals surface area contributed by atoms with Gasteiger partial charge in [0.1, 0.15) is 5.75 Å². The molecule has 2 aromatic rings. The number of primary amides is 1. The number of nitrogens with one attached hydrogen (secondary N) is 2. The number of anilines is 1. The molecule has 1 atom stereocenters. The highest BCUT2D eigenvalue weighted by Gasteiger charge is 2.48. The summed E-state index contributed by atoms with van der Waals surface area (Å²) in [5.41, 5.74) is 5.17. The number of allylic oxidation sites excluding steroid dienone is 2. The Morgan fingerprint density at radius 2 is 1.76 bits per heavy atom. The van der Waals surface area contributed by atoms with Gasteiger partial charge in [-0.25, -0.2) is 0 Å². The van der Waals surface area contributed by atoms with E-state index in [9.17, 15) is 4.79 Å². The molecule has 1 aromatic carbocycles. The summed E-state index contributed by atoms with van der Waals surface area (Å²) in [5.74, 6) is 1.52. The van der Waals surface area contributed by atoms with Crippen LogP contribution in [-0.4, -0.2) is 41.9 Å². The smallest absolute Gasteiger partial charge is 0.250 e. The Hall–Kier alpha value is -3.75. The number of methoxy groups -OCH3 is 2. The van der Waals surface area contributed by atoms with Gasteiger partial charge in [0.15, 0.2) is 0 Å². The molecule has 9 heteroatoms. The normalized spacial score (nSPS) is 24.2. The lowest BCUT2D eigenvalue weighted by Gasteiger charge is -2.45. The predicted octanol–water partition coefficient (Wildman–Crippen LogP) is 2.77. The Morgan fingerprint density at radius 1 is 1.09 bits per heavy atom. The molecule has 0 radical (unpaired) electrons. The topological polar surface area (TPSA) is 121 Å². The second kappa shape index (κ2) is 9.81. The minimum atomic E-state index is -1.03. The summed E-state index contributed by atoms with van der Waals surface area (Å²) >= 11 is 0. The van der Waals surface area contributed by atoms with E-state index >= 15 is 0 Å². The minimum absolute atomic E-state index is 0.0280. The summed E-state index contributed by atoms with van der Waals surface area (Å²) in [6, 6.07) is 11.3. The van der Waals surface area contributed by atoms with Gasteiger partial charge in [-0.05, 0) is 50.0 Å². The molecule has 4 rings (SSSR count). The maximum atomic E-state index is 12.4. The van der Waals surface area contributed by atoms with Crippen LogP contribution in [0.15, 0.2) is 60.3 Å². The second-order valence-corrected chi connectivity index (χ2v) is 8.07. The fraction of sp³-hybridized carbons (Fsp3) is 0.375. The molecule has 1 aromatic heterocycles. The van der Waals surface area contributed by atoms with Crippen molar-refractivity contribution in [3.63, 3.8) is 0 Å². The summed E-state index contributed by atoms with van der Waals surface area (Å²) in [6.45, 7) is 0. The maximum absolute atomic E-state index is 12.4. The zero-order valence-electron chi connectivity index (χ0n) is 18.8. The number of amides is 1. The summed E-state index contributed by atoms with van der Waals surface area (Å²) in [7, 11) is 3.11. The van der Waals surface area contributed by atoms with E-state index in [-0.39, 0.29) is 12.0 Å². The van der Waals surface area contributed by atoms with Gasteiger partial charge in [0.05, 0.1) is 25.9 Å². The number of rotatable bonds is 8. The van der Waals surface area contributed by atoms with Crippen LogP contribution in [0, 0.1) is 5.92 Å². The number of benzene rings is 1. The van der Waals surface area contributed by atoms with Crippen LogP contribution < -0.4 is 30.6 Å². The number of nitrogens with two attached hydrogens (primary N) is 1. The molecular formula is C24H29N5O4. The molecule has 33 heavy (non-hydrogen) atoms. The van der Waals surface area contributed by atoms with E-state index in [0.717, 1.165) is 25.7 Å². The number of para-hydroxylation sites is 1.